The van der Waals surface area contributed by atoms with Crippen molar-refractivity contribution in [1.82, 2.24) is 5.32 Å². The molecule has 0 atom stereocenters. The molecule has 1 N–H and O–H groups in total. The lowest BCUT2D eigenvalue weighted by atomic mass is 9.74. The second kappa shape index (κ2) is 5.56. The number of carbonyl (C=O) groups excluding carboxylic acids is 1. The van der Waals surface area contributed by atoms with Crippen LogP contribution in [-0.2, 0) is 9.53 Å². The summed E-state index contributed by atoms with van der Waals surface area (Å²) < 4.78 is 4.81. The van der Waals surface area contributed by atoms with Gasteiger partial charge in [0.05, 0.1) is 12.5 Å². The summed E-state index contributed by atoms with van der Waals surface area (Å²) in [7, 11) is 1.46. The third-order valence-corrected chi connectivity index (χ3v) is 3.07. The fraction of sp³-hybridized carbons (Fsp3) is 0.900. The van der Waals surface area contributed by atoms with E-state index in [0.717, 1.165) is 25.9 Å². The van der Waals surface area contributed by atoms with Gasteiger partial charge in [-0.15, -0.1) is 12.4 Å². The number of methoxy groups -OCH3 is 1. The van der Waals surface area contributed by atoms with Crippen LogP contribution in [0.15, 0.2) is 0 Å². The lowest BCUT2D eigenvalue weighted by Crippen LogP contribution is -2.40. The maximum Gasteiger partial charge on any atom is 0.311 e. The Morgan fingerprint density at radius 1 is 1.36 bits per heavy atom. The fourth-order valence-corrected chi connectivity index (χ4v) is 1.97. The molecule has 0 aromatic heterocycles. The van der Waals surface area contributed by atoms with Crippen molar-refractivity contribution < 1.29 is 9.53 Å². The van der Waals surface area contributed by atoms with Crippen LogP contribution in [0.2, 0.25) is 0 Å². The fourth-order valence-electron chi connectivity index (χ4n) is 1.97. The Morgan fingerprint density at radius 2 is 1.86 bits per heavy atom. The summed E-state index contributed by atoms with van der Waals surface area (Å²) >= 11 is 0. The van der Waals surface area contributed by atoms with Crippen LogP contribution < -0.4 is 5.32 Å². The zero-order valence-electron chi connectivity index (χ0n) is 9.13. The highest BCUT2D eigenvalue weighted by atomic mass is 35.5. The Hall–Kier alpha value is -0.280. The summed E-state index contributed by atoms with van der Waals surface area (Å²) in [5.41, 5.74) is -0.323. The number of esters is 1. The van der Waals surface area contributed by atoms with Crippen molar-refractivity contribution in [2.24, 2.45) is 11.3 Å². The predicted molar refractivity (Wildman–Crippen MR) is 58.6 cm³/mol. The Bertz CT molecular complexity index is 189. The van der Waals surface area contributed by atoms with E-state index in [9.17, 15) is 4.79 Å². The molecule has 0 amide bonds. The lowest BCUT2D eigenvalue weighted by molar-refractivity contribution is -0.154. The van der Waals surface area contributed by atoms with E-state index in [0.29, 0.717) is 5.92 Å². The van der Waals surface area contributed by atoms with Crippen molar-refractivity contribution in [3.8, 4) is 0 Å². The molecule has 1 aliphatic heterocycles. The molecule has 1 rings (SSSR count). The zero-order valence-corrected chi connectivity index (χ0v) is 9.95. The van der Waals surface area contributed by atoms with Crippen LogP contribution in [0.4, 0.5) is 0 Å². The minimum absolute atomic E-state index is 0. The van der Waals surface area contributed by atoms with Gasteiger partial charge in [0.25, 0.3) is 0 Å². The highest BCUT2D eigenvalue weighted by Gasteiger charge is 2.37. The van der Waals surface area contributed by atoms with Crippen LogP contribution in [0.5, 0.6) is 0 Å². The number of nitrogens with one attached hydrogen (secondary N) is 1. The maximum absolute atomic E-state index is 11.5. The van der Waals surface area contributed by atoms with E-state index in [4.69, 9.17) is 4.74 Å². The van der Waals surface area contributed by atoms with Gasteiger partial charge in [0.15, 0.2) is 0 Å². The third-order valence-electron chi connectivity index (χ3n) is 3.07. The molecule has 4 heteroatoms. The monoisotopic (exact) mass is 221 g/mol. The number of hydrogen-bond acceptors (Lipinski definition) is 3. The number of halogens is 1. The SMILES string of the molecule is COC(=O)C(C)(C)C1CCNCC1.Cl. The number of rotatable bonds is 2. The summed E-state index contributed by atoms with van der Waals surface area (Å²) in [6.07, 6.45) is 2.14. The molecule has 1 fully saturated rings. The molecule has 1 heterocycles. The minimum atomic E-state index is -0.323. The minimum Gasteiger partial charge on any atom is -0.469 e. The lowest BCUT2D eigenvalue weighted by Gasteiger charge is -2.34. The first-order chi connectivity index (χ1) is 6.09. The van der Waals surface area contributed by atoms with Gasteiger partial charge in [-0.25, -0.2) is 0 Å². The van der Waals surface area contributed by atoms with Gasteiger partial charge in [-0.05, 0) is 45.7 Å². The molecule has 0 aromatic rings. The Morgan fingerprint density at radius 3 is 2.29 bits per heavy atom. The molecular formula is C10H20ClNO2. The molecule has 0 unspecified atom stereocenters. The summed E-state index contributed by atoms with van der Waals surface area (Å²) in [5, 5.41) is 3.29. The average Bonchev–Trinajstić information content (AvgIpc) is 2.18. The number of carbonyl (C=O) groups is 1. The predicted octanol–water partition coefficient (Wildman–Crippen LogP) is 1.61. The average molecular weight is 222 g/mol. The maximum atomic E-state index is 11.5. The summed E-state index contributed by atoms with van der Waals surface area (Å²) in [5.74, 6) is 0.376. The van der Waals surface area contributed by atoms with E-state index >= 15 is 0 Å². The molecule has 14 heavy (non-hydrogen) atoms. The Labute approximate surface area is 92.0 Å². The van der Waals surface area contributed by atoms with Crippen molar-refractivity contribution >= 4 is 18.4 Å². The second-order valence-electron chi connectivity index (χ2n) is 4.24. The van der Waals surface area contributed by atoms with Gasteiger partial charge in [-0.3, -0.25) is 4.79 Å². The molecule has 0 aliphatic carbocycles. The smallest absolute Gasteiger partial charge is 0.311 e. The molecule has 0 aromatic carbocycles. The van der Waals surface area contributed by atoms with Gasteiger partial charge in [0.1, 0.15) is 0 Å². The van der Waals surface area contributed by atoms with Crippen molar-refractivity contribution in [1.29, 1.82) is 0 Å². The first kappa shape index (κ1) is 13.7. The van der Waals surface area contributed by atoms with Crippen molar-refractivity contribution in [2.45, 2.75) is 26.7 Å². The van der Waals surface area contributed by atoms with Gasteiger partial charge in [0, 0.05) is 0 Å². The quantitative estimate of drug-likeness (QED) is 0.720. The first-order valence-corrected chi connectivity index (χ1v) is 4.88. The van der Waals surface area contributed by atoms with E-state index in [1.54, 1.807) is 0 Å². The summed E-state index contributed by atoms with van der Waals surface area (Å²) in [6.45, 7) is 6.00. The largest absolute Gasteiger partial charge is 0.469 e. The molecule has 0 saturated carbocycles. The van der Waals surface area contributed by atoms with Crippen LogP contribution in [0.25, 0.3) is 0 Å². The van der Waals surface area contributed by atoms with Gasteiger partial charge in [-0.1, -0.05) is 0 Å². The molecular weight excluding hydrogens is 202 g/mol. The highest BCUT2D eigenvalue weighted by Crippen LogP contribution is 2.34. The first-order valence-electron chi connectivity index (χ1n) is 4.88. The van der Waals surface area contributed by atoms with Crippen LogP contribution in [0.3, 0.4) is 0 Å². The topological polar surface area (TPSA) is 38.3 Å². The molecule has 0 bridgehead atoms. The number of hydrogen-bond donors (Lipinski definition) is 1. The van der Waals surface area contributed by atoms with Gasteiger partial charge in [-0.2, -0.15) is 0 Å². The van der Waals surface area contributed by atoms with Gasteiger partial charge in [0.2, 0.25) is 0 Å². The number of piperidine rings is 1. The van der Waals surface area contributed by atoms with Crippen LogP contribution in [0.1, 0.15) is 26.7 Å². The highest BCUT2D eigenvalue weighted by molar-refractivity contribution is 5.85. The van der Waals surface area contributed by atoms with Gasteiger partial charge < -0.3 is 10.1 Å². The molecule has 1 saturated heterocycles. The summed E-state index contributed by atoms with van der Waals surface area (Å²) in [4.78, 5) is 11.5. The second-order valence-corrected chi connectivity index (χ2v) is 4.24. The molecule has 0 spiro atoms. The normalized spacial score (nSPS) is 18.5. The van der Waals surface area contributed by atoms with Crippen molar-refractivity contribution in [3.63, 3.8) is 0 Å². The van der Waals surface area contributed by atoms with E-state index in [-0.39, 0.29) is 23.8 Å². The van der Waals surface area contributed by atoms with E-state index in [1.807, 2.05) is 13.8 Å². The van der Waals surface area contributed by atoms with Crippen molar-refractivity contribution in [3.05, 3.63) is 0 Å². The molecule has 0 radical (unpaired) electrons. The summed E-state index contributed by atoms with van der Waals surface area (Å²) in [6, 6.07) is 0. The van der Waals surface area contributed by atoms with Crippen LogP contribution >= 0.6 is 12.4 Å². The molecule has 3 nitrogen and oxygen atoms in total. The van der Waals surface area contributed by atoms with Crippen molar-refractivity contribution in [2.75, 3.05) is 20.2 Å². The van der Waals surface area contributed by atoms with Crippen LogP contribution in [0, 0.1) is 11.3 Å². The standard InChI is InChI=1S/C10H19NO2.ClH/c1-10(2,9(12)13-3)8-4-6-11-7-5-8;/h8,11H,4-7H2,1-3H3;1H. The third kappa shape index (κ3) is 2.85. The van der Waals surface area contributed by atoms with Crippen LogP contribution in [-0.4, -0.2) is 26.2 Å². The molecule has 84 valence electrons. The van der Waals surface area contributed by atoms with E-state index < -0.39 is 0 Å². The number of ether oxygens (including phenoxy) is 1. The van der Waals surface area contributed by atoms with Gasteiger partial charge >= 0.3 is 5.97 Å². The van der Waals surface area contributed by atoms with E-state index in [1.165, 1.54) is 7.11 Å². The molecule has 1 aliphatic rings. The zero-order chi connectivity index (χ0) is 9.90. The van der Waals surface area contributed by atoms with E-state index in [2.05, 4.69) is 5.32 Å². The Balaban J connectivity index is 0.00000169. The Kier molecular flexibility index (Phi) is 5.45.